The second-order valence-electron chi connectivity index (χ2n) is 5.21. The molecule has 0 radical (unpaired) electrons. The van der Waals surface area contributed by atoms with Gasteiger partial charge in [0.25, 0.3) is 0 Å². The Bertz CT molecular complexity index is 669. The number of guanidine groups is 1. The minimum atomic E-state index is 0. The minimum Gasteiger partial charge on any atom is -0.376 e. The Morgan fingerprint density at radius 1 is 1.43 bits per heavy atom. The van der Waals surface area contributed by atoms with Crippen molar-refractivity contribution in [3.05, 3.63) is 29.8 Å². The van der Waals surface area contributed by atoms with Gasteiger partial charge in [-0.25, -0.2) is 0 Å². The van der Waals surface area contributed by atoms with Crippen molar-refractivity contribution in [1.82, 2.24) is 10.2 Å². The van der Waals surface area contributed by atoms with Crippen molar-refractivity contribution >= 4 is 34.8 Å². The Balaban J connectivity index is 0.00000192. The first kappa shape index (κ1) is 17.7. The number of aliphatic imine (C=N–C) groups is 1. The van der Waals surface area contributed by atoms with Crippen molar-refractivity contribution < 1.29 is 4.74 Å². The third kappa shape index (κ3) is 4.63. The van der Waals surface area contributed by atoms with Crippen LogP contribution in [0.5, 0.6) is 0 Å². The van der Waals surface area contributed by atoms with Gasteiger partial charge in [0.1, 0.15) is 5.01 Å². The molecule has 23 heavy (non-hydrogen) atoms. The van der Waals surface area contributed by atoms with Crippen LogP contribution in [-0.4, -0.2) is 35.4 Å². The van der Waals surface area contributed by atoms with Crippen LogP contribution in [0.1, 0.15) is 18.4 Å². The molecule has 8 heteroatoms. The molecule has 0 spiro atoms. The van der Waals surface area contributed by atoms with Crippen molar-refractivity contribution in [3.8, 4) is 10.6 Å². The lowest BCUT2D eigenvalue weighted by Crippen LogP contribution is -2.24. The molecular formula is C15H20ClN5OS. The number of hydrogen-bond donors (Lipinski definition) is 2. The van der Waals surface area contributed by atoms with Crippen LogP contribution in [0, 0.1) is 6.92 Å². The van der Waals surface area contributed by atoms with Gasteiger partial charge in [-0.1, -0.05) is 35.6 Å². The summed E-state index contributed by atoms with van der Waals surface area (Å²) in [6, 6.07) is 8.10. The monoisotopic (exact) mass is 353 g/mol. The molecule has 1 saturated heterocycles. The zero-order valence-electron chi connectivity index (χ0n) is 12.9. The highest BCUT2D eigenvalue weighted by Crippen LogP contribution is 2.28. The van der Waals surface area contributed by atoms with Gasteiger partial charge in [-0.05, 0) is 25.3 Å². The summed E-state index contributed by atoms with van der Waals surface area (Å²) in [7, 11) is 0. The molecule has 1 aromatic carbocycles. The molecule has 0 aliphatic carbocycles. The highest BCUT2D eigenvalue weighted by Gasteiger charge is 2.15. The topological polar surface area (TPSA) is 85.4 Å². The summed E-state index contributed by atoms with van der Waals surface area (Å²) in [5, 5.41) is 12.8. The SMILES string of the molecule is Cc1ccccc1-c1nnc(NC(N)=NCC2CCCO2)s1.Cl. The lowest BCUT2D eigenvalue weighted by Gasteiger charge is -2.06. The van der Waals surface area contributed by atoms with Crippen LogP contribution in [0.15, 0.2) is 29.3 Å². The number of nitrogens with zero attached hydrogens (tertiary/aromatic N) is 3. The van der Waals surface area contributed by atoms with E-state index in [0.29, 0.717) is 17.6 Å². The van der Waals surface area contributed by atoms with E-state index < -0.39 is 0 Å². The molecule has 2 heterocycles. The fourth-order valence-corrected chi connectivity index (χ4v) is 3.17. The molecule has 1 unspecified atom stereocenters. The van der Waals surface area contributed by atoms with E-state index in [1.807, 2.05) is 18.2 Å². The van der Waals surface area contributed by atoms with Crippen LogP contribution in [0.2, 0.25) is 0 Å². The van der Waals surface area contributed by atoms with Crippen LogP contribution < -0.4 is 11.1 Å². The van der Waals surface area contributed by atoms with Crippen LogP contribution in [0.4, 0.5) is 5.13 Å². The maximum atomic E-state index is 5.88. The van der Waals surface area contributed by atoms with Crippen molar-refractivity contribution in [1.29, 1.82) is 0 Å². The molecule has 1 fully saturated rings. The van der Waals surface area contributed by atoms with Gasteiger partial charge >= 0.3 is 0 Å². The molecule has 0 saturated carbocycles. The van der Waals surface area contributed by atoms with E-state index in [4.69, 9.17) is 10.5 Å². The van der Waals surface area contributed by atoms with E-state index in [9.17, 15) is 0 Å². The Morgan fingerprint density at radius 2 is 2.26 bits per heavy atom. The highest BCUT2D eigenvalue weighted by atomic mass is 35.5. The van der Waals surface area contributed by atoms with Gasteiger partial charge in [-0.3, -0.25) is 4.99 Å². The summed E-state index contributed by atoms with van der Waals surface area (Å²) in [4.78, 5) is 4.30. The Kier molecular flexibility index (Phi) is 6.32. The van der Waals surface area contributed by atoms with E-state index in [2.05, 4.69) is 33.5 Å². The van der Waals surface area contributed by atoms with Crippen LogP contribution >= 0.6 is 23.7 Å². The fraction of sp³-hybridized carbons (Fsp3) is 0.400. The second-order valence-corrected chi connectivity index (χ2v) is 6.19. The maximum Gasteiger partial charge on any atom is 0.212 e. The summed E-state index contributed by atoms with van der Waals surface area (Å²) in [6.45, 7) is 3.47. The quantitative estimate of drug-likeness (QED) is 0.652. The number of halogens is 1. The number of ether oxygens (including phenoxy) is 1. The third-order valence-corrected chi connectivity index (χ3v) is 4.40. The number of aryl methyl sites for hydroxylation is 1. The molecule has 1 aliphatic heterocycles. The van der Waals surface area contributed by atoms with Gasteiger partial charge in [0.15, 0.2) is 5.96 Å². The predicted molar refractivity (Wildman–Crippen MR) is 96.4 cm³/mol. The Morgan fingerprint density at radius 3 is 3.00 bits per heavy atom. The second kappa shape index (κ2) is 8.24. The average Bonchev–Trinajstić information content (AvgIpc) is 3.17. The van der Waals surface area contributed by atoms with Crippen molar-refractivity contribution in [2.45, 2.75) is 25.9 Å². The highest BCUT2D eigenvalue weighted by molar-refractivity contribution is 7.18. The minimum absolute atomic E-state index is 0. The van der Waals surface area contributed by atoms with Crippen molar-refractivity contribution in [3.63, 3.8) is 0 Å². The largest absolute Gasteiger partial charge is 0.376 e. The molecule has 3 rings (SSSR count). The zero-order valence-corrected chi connectivity index (χ0v) is 14.5. The van der Waals surface area contributed by atoms with Crippen LogP contribution in [-0.2, 0) is 4.74 Å². The summed E-state index contributed by atoms with van der Waals surface area (Å²) in [6.07, 6.45) is 2.34. The summed E-state index contributed by atoms with van der Waals surface area (Å²) < 4.78 is 5.51. The van der Waals surface area contributed by atoms with E-state index in [-0.39, 0.29) is 18.5 Å². The molecule has 124 valence electrons. The van der Waals surface area contributed by atoms with Crippen molar-refractivity contribution in [2.75, 3.05) is 18.5 Å². The van der Waals surface area contributed by atoms with E-state index in [1.165, 1.54) is 16.9 Å². The van der Waals surface area contributed by atoms with Crippen LogP contribution in [0.25, 0.3) is 10.6 Å². The maximum absolute atomic E-state index is 5.88. The zero-order chi connectivity index (χ0) is 15.4. The first-order valence-corrected chi connectivity index (χ1v) is 8.12. The van der Waals surface area contributed by atoms with Gasteiger partial charge in [0, 0.05) is 12.2 Å². The van der Waals surface area contributed by atoms with E-state index in [0.717, 1.165) is 30.0 Å². The first-order valence-electron chi connectivity index (χ1n) is 7.30. The molecule has 1 aliphatic rings. The Hall–Kier alpha value is -1.70. The molecule has 0 amide bonds. The molecule has 2 aromatic rings. The number of hydrogen-bond acceptors (Lipinski definition) is 5. The molecule has 0 bridgehead atoms. The summed E-state index contributed by atoms with van der Waals surface area (Å²) >= 11 is 1.46. The lowest BCUT2D eigenvalue weighted by molar-refractivity contribution is 0.118. The van der Waals surface area contributed by atoms with Crippen molar-refractivity contribution in [2.24, 2.45) is 10.7 Å². The fourth-order valence-electron chi connectivity index (χ4n) is 2.33. The number of rotatable bonds is 4. The molecule has 1 aromatic heterocycles. The van der Waals surface area contributed by atoms with Gasteiger partial charge < -0.3 is 15.8 Å². The third-order valence-electron chi connectivity index (χ3n) is 3.52. The molecular weight excluding hydrogens is 334 g/mol. The smallest absolute Gasteiger partial charge is 0.212 e. The Labute approximate surface area is 145 Å². The van der Waals surface area contributed by atoms with Gasteiger partial charge in [-0.15, -0.1) is 22.6 Å². The van der Waals surface area contributed by atoms with Gasteiger partial charge in [0.2, 0.25) is 5.13 Å². The lowest BCUT2D eigenvalue weighted by atomic mass is 10.1. The van der Waals surface area contributed by atoms with Gasteiger partial charge in [-0.2, -0.15) is 0 Å². The molecule has 1 atom stereocenters. The summed E-state index contributed by atoms with van der Waals surface area (Å²) in [5.74, 6) is 0.350. The van der Waals surface area contributed by atoms with Crippen LogP contribution in [0.3, 0.4) is 0 Å². The number of anilines is 1. The number of aromatic nitrogens is 2. The summed E-state index contributed by atoms with van der Waals surface area (Å²) in [5.41, 5.74) is 8.14. The number of nitrogens with one attached hydrogen (secondary N) is 1. The standard InChI is InChI=1S/C15H19N5OS.ClH/c1-10-5-2-3-7-12(10)13-19-20-15(22-13)18-14(16)17-9-11-6-4-8-21-11;/h2-3,5,7,11H,4,6,8-9H2,1H3,(H3,16,17,18,20);1H. The molecule has 6 nitrogen and oxygen atoms in total. The number of benzene rings is 1. The normalized spacial score (nSPS) is 17.8. The molecule has 3 N–H and O–H groups in total. The predicted octanol–water partition coefficient (Wildman–Crippen LogP) is 2.84. The average molecular weight is 354 g/mol. The first-order chi connectivity index (χ1) is 10.7. The van der Waals surface area contributed by atoms with E-state index in [1.54, 1.807) is 0 Å². The van der Waals surface area contributed by atoms with E-state index >= 15 is 0 Å². The van der Waals surface area contributed by atoms with Gasteiger partial charge in [0.05, 0.1) is 12.6 Å². The number of nitrogens with two attached hydrogens (primary N) is 1.